The van der Waals surface area contributed by atoms with Crippen LogP contribution in [0.1, 0.15) is 20.3 Å². The Morgan fingerprint density at radius 1 is 1.39 bits per heavy atom. The molecule has 0 aliphatic heterocycles. The minimum atomic E-state index is -0.312. The van der Waals surface area contributed by atoms with Gasteiger partial charge in [0.15, 0.2) is 5.82 Å². The van der Waals surface area contributed by atoms with E-state index in [0.29, 0.717) is 28.1 Å². The van der Waals surface area contributed by atoms with Crippen molar-refractivity contribution in [3.8, 4) is 0 Å². The number of nitrogen functional groups attached to an aromatic ring is 1. The third-order valence-corrected chi connectivity index (χ3v) is 4.17. The van der Waals surface area contributed by atoms with Gasteiger partial charge in [-0.25, -0.2) is 10.8 Å². The minimum absolute atomic E-state index is 0.115. The zero-order valence-electron chi connectivity index (χ0n) is 10.2. The zero-order chi connectivity index (χ0) is 13.5. The number of hydrogen-bond acceptors (Lipinski definition) is 5. The highest BCUT2D eigenvalue weighted by atomic mass is 35.5. The van der Waals surface area contributed by atoms with Crippen LogP contribution in [-0.4, -0.2) is 22.2 Å². The number of nitrogens with zero attached hydrogens (tertiary/aromatic N) is 1. The normalized spacial score (nSPS) is 25.4. The number of rotatable bonds is 3. The molecular weight excluding hydrogens is 275 g/mol. The lowest BCUT2D eigenvalue weighted by atomic mass is 9.64. The molecule has 0 spiro atoms. The molecule has 1 heterocycles. The first kappa shape index (κ1) is 13.7. The predicted octanol–water partition coefficient (Wildman–Crippen LogP) is 2.25. The SMILES string of the molecule is CC1(C)C(O)CC1Nc1nc(NN)c(Cl)cc1Cl. The molecular formula is C11H16Cl2N4O. The summed E-state index contributed by atoms with van der Waals surface area (Å²) in [6.45, 7) is 3.98. The molecule has 2 atom stereocenters. The summed E-state index contributed by atoms with van der Waals surface area (Å²) < 4.78 is 0. The van der Waals surface area contributed by atoms with Gasteiger partial charge in [-0.1, -0.05) is 37.0 Å². The minimum Gasteiger partial charge on any atom is -0.392 e. The van der Waals surface area contributed by atoms with Crippen LogP contribution in [0.3, 0.4) is 0 Å². The molecule has 1 aliphatic rings. The average molecular weight is 291 g/mol. The van der Waals surface area contributed by atoms with Gasteiger partial charge in [-0.05, 0) is 12.5 Å². The molecule has 0 amide bonds. The molecule has 1 aliphatic carbocycles. The molecule has 7 heteroatoms. The van der Waals surface area contributed by atoms with Crippen molar-refractivity contribution in [2.45, 2.75) is 32.4 Å². The lowest BCUT2D eigenvalue weighted by molar-refractivity contribution is -0.0511. The average Bonchev–Trinajstić information content (AvgIpc) is 2.31. The van der Waals surface area contributed by atoms with E-state index in [2.05, 4.69) is 15.7 Å². The first-order chi connectivity index (χ1) is 8.36. The largest absolute Gasteiger partial charge is 0.392 e. The second-order valence-corrected chi connectivity index (χ2v) is 5.88. The maximum Gasteiger partial charge on any atom is 0.161 e. The van der Waals surface area contributed by atoms with Crippen LogP contribution in [0.25, 0.3) is 0 Å². The van der Waals surface area contributed by atoms with Crippen LogP contribution >= 0.6 is 23.2 Å². The molecule has 2 rings (SSSR count). The molecule has 18 heavy (non-hydrogen) atoms. The fourth-order valence-corrected chi connectivity index (χ4v) is 2.45. The van der Waals surface area contributed by atoms with Crippen LogP contribution in [0.2, 0.25) is 10.0 Å². The van der Waals surface area contributed by atoms with Crippen molar-refractivity contribution in [1.29, 1.82) is 0 Å². The summed E-state index contributed by atoms with van der Waals surface area (Å²) in [5.74, 6) is 6.19. The van der Waals surface area contributed by atoms with Gasteiger partial charge in [0.2, 0.25) is 0 Å². The van der Waals surface area contributed by atoms with Crippen LogP contribution in [0.4, 0.5) is 11.6 Å². The van der Waals surface area contributed by atoms with E-state index in [4.69, 9.17) is 29.0 Å². The molecule has 1 aromatic rings. The third-order valence-electron chi connectivity index (χ3n) is 3.59. The maximum absolute atomic E-state index is 9.69. The highest BCUT2D eigenvalue weighted by Gasteiger charge is 2.47. The van der Waals surface area contributed by atoms with Gasteiger partial charge in [-0.2, -0.15) is 0 Å². The predicted molar refractivity (Wildman–Crippen MR) is 73.9 cm³/mol. The second-order valence-electron chi connectivity index (χ2n) is 5.06. The smallest absolute Gasteiger partial charge is 0.161 e. The number of halogens is 2. The zero-order valence-corrected chi connectivity index (χ0v) is 11.7. The van der Waals surface area contributed by atoms with Gasteiger partial charge in [-0.15, -0.1) is 0 Å². The molecule has 0 bridgehead atoms. The van der Waals surface area contributed by atoms with Gasteiger partial charge in [0.25, 0.3) is 0 Å². The monoisotopic (exact) mass is 290 g/mol. The van der Waals surface area contributed by atoms with Gasteiger partial charge in [0, 0.05) is 11.5 Å². The van der Waals surface area contributed by atoms with Gasteiger partial charge in [0.05, 0.1) is 16.1 Å². The number of anilines is 2. The highest BCUT2D eigenvalue weighted by molar-refractivity contribution is 6.37. The van der Waals surface area contributed by atoms with Crippen LogP contribution in [0, 0.1) is 5.41 Å². The molecule has 1 aromatic heterocycles. The maximum atomic E-state index is 9.69. The van der Waals surface area contributed by atoms with Crippen molar-refractivity contribution in [2.24, 2.45) is 11.3 Å². The van der Waals surface area contributed by atoms with Crippen molar-refractivity contribution >= 4 is 34.8 Å². The summed E-state index contributed by atoms with van der Waals surface area (Å²) in [4.78, 5) is 4.21. The molecule has 0 saturated heterocycles. The Kier molecular flexibility index (Phi) is 3.60. The fourth-order valence-electron chi connectivity index (χ4n) is 1.98. The first-order valence-electron chi connectivity index (χ1n) is 5.63. The summed E-state index contributed by atoms with van der Waals surface area (Å²) >= 11 is 12.0. The third kappa shape index (κ3) is 2.23. The second kappa shape index (κ2) is 4.74. The van der Waals surface area contributed by atoms with Crippen LogP contribution in [0.15, 0.2) is 6.07 Å². The van der Waals surface area contributed by atoms with Gasteiger partial charge < -0.3 is 15.8 Å². The Labute approximate surface area is 116 Å². The Morgan fingerprint density at radius 3 is 2.50 bits per heavy atom. The molecule has 5 N–H and O–H groups in total. The fraction of sp³-hybridized carbons (Fsp3) is 0.545. The van der Waals surface area contributed by atoms with Gasteiger partial charge in [0.1, 0.15) is 5.82 Å². The summed E-state index contributed by atoms with van der Waals surface area (Å²) in [5, 5.41) is 13.7. The highest BCUT2D eigenvalue weighted by Crippen LogP contribution is 2.43. The quantitative estimate of drug-likeness (QED) is 0.507. The number of aliphatic hydroxyl groups excluding tert-OH is 1. The molecule has 1 fully saturated rings. The van der Waals surface area contributed by atoms with Gasteiger partial charge in [-0.3, -0.25) is 0 Å². The van der Waals surface area contributed by atoms with E-state index < -0.39 is 0 Å². The molecule has 5 nitrogen and oxygen atoms in total. The summed E-state index contributed by atoms with van der Waals surface area (Å²) in [7, 11) is 0. The Bertz CT molecular complexity index is 467. The molecule has 100 valence electrons. The van der Waals surface area contributed by atoms with Crippen molar-refractivity contribution in [1.82, 2.24) is 4.98 Å². The van der Waals surface area contributed by atoms with Crippen molar-refractivity contribution in [3.05, 3.63) is 16.1 Å². The van der Waals surface area contributed by atoms with E-state index in [9.17, 15) is 5.11 Å². The van der Waals surface area contributed by atoms with E-state index in [1.54, 1.807) is 6.07 Å². The van der Waals surface area contributed by atoms with E-state index in [1.807, 2.05) is 13.8 Å². The topological polar surface area (TPSA) is 83.2 Å². The Morgan fingerprint density at radius 2 is 2.00 bits per heavy atom. The molecule has 1 saturated carbocycles. The standard InChI is InChI=1S/C11H16Cl2N4O/c1-11(2)7(4-8(11)18)15-9-5(12)3-6(13)10(16-9)17-14/h3,7-8,18H,4,14H2,1-2H3,(H2,15,16,17). The van der Waals surface area contributed by atoms with Crippen molar-refractivity contribution < 1.29 is 5.11 Å². The van der Waals surface area contributed by atoms with Crippen molar-refractivity contribution in [2.75, 3.05) is 10.7 Å². The number of nitrogens with one attached hydrogen (secondary N) is 2. The first-order valence-corrected chi connectivity index (χ1v) is 6.39. The van der Waals surface area contributed by atoms with E-state index in [0.717, 1.165) is 0 Å². The number of hydrazine groups is 1. The Balaban J connectivity index is 2.20. The van der Waals surface area contributed by atoms with Gasteiger partial charge >= 0.3 is 0 Å². The number of nitrogens with two attached hydrogens (primary N) is 1. The summed E-state index contributed by atoms with van der Waals surface area (Å²) in [6.07, 6.45) is 0.354. The number of aromatic nitrogens is 1. The Hall–Kier alpha value is -0.750. The summed E-state index contributed by atoms with van der Waals surface area (Å²) in [6, 6.07) is 1.69. The number of pyridine rings is 1. The number of aliphatic hydroxyl groups is 1. The lowest BCUT2D eigenvalue weighted by Crippen LogP contribution is -2.57. The van der Waals surface area contributed by atoms with Crippen LogP contribution < -0.4 is 16.6 Å². The van der Waals surface area contributed by atoms with Crippen molar-refractivity contribution in [3.63, 3.8) is 0 Å². The van der Waals surface area contributed by atoms with E-state index >= 15 is 0 Å². The lowest BCUT2D eigenvalue weighted by Gasteiger charge is -2.49. The molecule has 0 radical (unpaired) electrons. The summed E-state index contributed by atoms with van der Waals surface area (Å²) in [5.41, 5.74) is 2.20. The van der Waals surface area contributed by atoms with Crippen LogP contribution in [-0.2, 0) is 0 Å². The van der Waals surface area contributed by atoms with E-state index in [-0.39, 0.29) is 17.6 Å². The van der Waals surface area contributed by atoms with Crippen LogP contribution in [0.5, 0.6) is 0 Å². The molecule has 2 unspecified atom stereocenters. The molecule has 0 aromatic carbocycles. The van der Waals surface area contributed by atoms with E-state index in [1.165, 1.54) is 0 Å². The number of hydrogen-bond donors (Lipinski definition) is 4.